The molecule has 0 saturated heterocycles. The lowest BCUT2D eigenvalue weighted by molar-refractivity contribution is -0.115. The Balaban J connectivity index is 1.37. The largest absolute Gasteiger partial charge is 0.488 e. The van der Waals surface area contributed by atoms with Gasteiger partial charge < -0.3 is 24.6 Å². The van der Waals surface area contributed by atoms with Crippen molar-refractivity contribution in [3.8, 4) is 5.75 Å². The van der Waals surface area contributed by atoms with Crippen LogP contribution < -0.4 is 10.1 Å². The van der Waals surface area contributed by atoms with Crippen molar-refractivity contribution in [3.63, 3.8) is 0 Å². The fourth-order valence-corrected chi connectivity index (χ4v) is 5.63. The Morgan fingerprint density at radius 1 is 1.19 bits per heavy atom. The number of aliphatic hydroxyl groups excluding tert-OH is 1. The number of amides is 2. The number of pyridine rings is 1. The Hall–Kier alpha value is -4.21. The highest BCUT2D eigenvalue weighted by Gasteiger charge is 2.33. The smallest absolute Gasteiger partial charge is 0.258 e. The van der Waals surface area contributed by atoms with Gasteiger partial charge in [0.05, 0.1) is 24.6 Å². The molecule has 0 bridgehead atoms. The summed E-state index contributed by atoms with van der Waals surface area (Å²) >= 11 is 0. The number of nitrogens with one attached hydrogen (secondary N) is 1. The van der Waals surface area contributed by atoms with Gasteiger partial charge in [0, 0.05) is 67.8 Å². The van der Waals surface area contributed by atoms with E-state index in [0.717, 1.165) is 28.6 Å². The Kier molecular flexibility index (Phi) is 8.89. The SMILES string of the molecule is C[C@H]1CN([C@@H](C)CO)C(=O)c2cc(NC(=O)Cc3cn(C)c4ccccc34)ccc2O[C@H]1CN(C)Cc1ccncc1. The number of aliphatic hydroxyl groups is 1. The number of benzene rings is 2. The molecule has 0 radical (unpaired) electrons. The molecule has 3 heterocycles. The molecule has 0 unspecified atom stereocenters. The number of hydrogen-bond donors (Lipinski definition) is 2. The van der Waals surface area contributed by atoms with Gasteiger partial charge in [-0.15, -0.1) is 0 Å². The topological polar surface area (TPSA) is 99.9 Å². The van der Waals surface area contributed by atoms with Crippen LogP contribution in [0.1, 0.15) is 35.3 Å². The normalized spacial score (nSPS) is 17.9. The van der Waals surface area contributed by atoms with Gasteiger partial charge in [0.2, 0.25) is 5.91 Å². The van der Waals surface area contributed by atoms with E-state index in [4.69, 9.17) is 4.74 Å². The number of para-hydroxylation sites is 1. The van der Waals surface area contributed by atoms with Crippen molar-refractivity contribution in [1.82, 2.24) is 19.4 Å². The van der Waals surface area contributed by atoms with Crippen LogP contribution in [-0.2, 0) is 24.8 Å². The molecule has 0 saturated carbocycles. The third kappa shape index (κ3) is 6.48. The number of fused-ring (bicyclic) bond motifs is 2. The summed E-state index contributed by atoms with van der Waals surface area (Å²) in [4.78, 5) is 34.9. The first kappa shape index (κ1) is 29.3. The average molecular weight is 570 g/mol. The minimum atomic E-state index is -0.370. The second-order valence-electron chi connectivity index (χ2n) is 11.4. The summed E-state index contributed by atoms with van der Waals surface area (Å²) in [5.41, 5.74) is 4.05. The van der Waals surface area contributed by atoms with Gasteiger partial charge in [0.25, 0.3) is 5.91 Å². The van der Waals surface area contributed by atoms with Crippen molar-refractivity contribution in [1.29, 1.82) is 0 Å². The second kappa shape index (κ2) is 12.8. The number of anilines is 1. The maximum absolute atomic E-state index is 13.8. The number of hydrogen-bond acceptors (Lipinski definition) is 6. The van der Waals surface area contributed by atoms with Crippen molar-refractivity contribution < 1.29 is 19.4 Å². The van der Waals surface area contributed by atoms with Crippen molar-refractivity contribution in [2.45, 2.75) is 39.0 Å². The van der Waals surface area contributed by atoms with Gasteiger partial charge in [-0.25, -0.2) is 0 Å². The minimum Gasteiger partial charge on any atom is -0.488 e. The summed E-state index contributed by atoms with van der Waals surface area (Å²) in [6.45, 7) is 5.57. The van der Waals surface area contributed by atoms with Crippen LogP contribution in [0.2, 0.25) is 0 Å². The Bertz CT molecular complexity index is 1550. The van der Waals surface area contributed by atoms with E-state index in [0.29, 0.717) is 30.1 Å². The predicted molar refractivity (Wildman–Crippen MR) is 163 cm³/mol. The van der Waals surface area contributed by atoms with Gasteiger partial charge in [-0.3, -0.25) is 19.5 Å². The number of carbonyl (C=O) groups is 2. The lowest BCUT2D eigenvalue weighted by Crippen LogP contribution is -2.49. The van der Waals surface area contributed by atoms with Crippen LogP contribution in [0.15, 0.2) is 73.2 Å². The molecule has 3 atom stereocenters. The van der Waals surface area contributed by atoms with Crippen LogP contribution in [-0.4, -0.2) is 75.2 Å². The molecule has 220 valence electrons. The van der Waals surface area contributed by atoms with Gasteiger partial charge in [-0.1, -0.05) is 25.1 Å². The highest BCUT2D eigenvalue weighted by atomic mass is 16.5. The molecule has 9 nitrogen and oxygen atoms in total. The average Bonchev–Trinajstić information content (AvgIpc) is 3.29. The molecule has 0 spiro atoms. The number of likely N-dealkylation sites (N-methyl/N-ethyl adjacent to an activating group) is 1. The molecule has 5 rings (SSSR count). The molecular formula is C33H39N5O4. The highest BCUT2D eigenvalue weighted by Crippen LogP contribution is 2.31. The van der Waals surface area contributed by atoms with Crippen molar-refractivity contribution >= 4 is 28.4 Å². The molecule has 0 aliphatic carbocycles. The lowest BCUT2D eigenvalue weighted by Gasteiger charge is -2.38. The van der Waals surface area contributed by atoms with Gasteiger partial charge in [0.1, 0.15) is 11.9 Å². The van der Waals surface area contributed by atoms with E-state index in [1.165, 1.54) is 0 Å². The molecule has 2 aromatic heterocycles. The van der Waals surface area contributed by atoms with E-state index in [1.54, 1.807) is 35.5 Å². The van der Waals surface area contributed by atoms with E-state index in [9.17, 15) is 14.7 Å². The van der Waals surface area contributed by atoms with Crippen LogP contribution in [0.4, 0.5) is 5.69 Å². The number of rotatable bonds is 9. The molecule has 1 aliphatic rings. The van der Waals surface area contributed by atoms with Gasteiger partial charge in [-0.05, 0) is 61.5 Å². The summed E-state index contributed by atoms with van der Waals surface area (Å²) in [7, 11) is 4.01. The molecule has 9 heteroatoms. The standard InChI is InChI=1S/C33H39N5O4/c1-22-17-38(23(2)21-39)33(41)28-16-26(35-32(40)15-25-19-37(4)29-8-6-5-7-27(25)29)9-10-30(28)42-31(22)20-36(3)18-24-11-13-34-14-12-24/h5-14,16,19,22-23,31,39H,15,17-18,20-21H2,1-4H3,(H,35,40)/t22-,23-,31-/m0/s1. The zero-order valence-electron chi connectivity index (χ0n) is 24.7. The van der Waals surface area contributed by atoms with E-state index in [1.807, 2.05) is 68.2 Å². The maximum Gasteiger partial charge on any atom is 0.258 e. The molecule has 1 aliphatic heterocycles. The number of nitrogens with zero attached hydrogens (tertiary/aromatic N) is 4. The number of aryl methyl sites for hydroxylation is 1. The van der Waals surface area contributed by atoms with Crippen LogP contribution in [0, 0.1) is 5.92 Å². The van der Waals surface area contributed by atoms with E-state index < -0.39 is 0 Å². The molecule has 4 aromatic rings. The predicted octanol–water partition coefficient (Wildman–Crippen LogP) is 4.11. The first-order valence-corrected chi connectivity index (χ1v) is 14.4. The van der Waals surface area contributed by atoms with Crippen LogP contribution in [0.5, 0.6) is 5.75 Å². The molecule has 2 N–H and O–H groups in total. The minimum absolute atomic E-state index is 0.0102. The first-order chi connectivity index (χ1) is 20.2. The van der Waals surface area contributed by atoms with E-state index in [-0.39, 0.29) is 42.9 Å². The zero-order chi connectivity index (χ0) is 29.8. The van der Waals surface area contributed by atoms with Crippen LogP contribution in [0.25, 0.3) is 10.9 Å². The fraction of sp³-hybridized carbons (Fsp3) is 0.364. The molecular weight excluding hydrogens is 530 g/mol. The fourth-order valence-electron chi connectivity index (χ4n) is 5.63. The van der Waals surface area contributed by atoms with Crippen LogP contribution in [0.3, 0.4) is 0 Å². The molecule has 2 amide bonds. The second-order valence-corrected chi connectivity index (χ2v) is 11.4. The number of carbonyl (C=O) groups excluding carboxylic acids is 2. The maximum atomic E-state index is 13.8. The Morgan fingerprint density at radius 2 is 1.95 bits per heavy atom. The summed E-state index contributed by atoms with van der Waals surface area (Å²) < 4.78 is 8.53. The number of aromatic nitrogens is 2. The monoisotopic (exact) mass is 569 g/mol. The van der Waals surface area contributed by atoms with Crippen molar-refractivity contribution in [2.24, 2.45) is 13.0 Å². The van der Waals surface area contributed by atoms with E-state index in [2.05, 4.69) is 22.1 Å². The van der Waals surface area contributed by atoms with Crippen LogP contribution >= 0.6 is 0 Å². The first-order valence-electron chi connectivity index (χ1n) is 14.4. The van der Waals surface area contributed by atoms with Crippen molar-refractivity contribution in [2.75, 3.05) is 32.1 Å². The zero-order valence-corrected chi connectivity index (χ0v) is 24.7. The van der Waals surface area contributed by atoms with Gasteiger partial charge in [-0.2, -0.15) is 0 Å². The summed E-state index contributed by atoms with van der Waals surface area (Å²) in [5.74, 6) is 0.0783. The third-order valence-corrected chi connectivity index (χ3v) is 7.97. The summed E-state index contributed by atoms with van der Waals surface area (Å²) in [5, 5.41) is 14.0. The molecule has 2 aromatic carbocycles. The Morgan fingerprint density at radius 3 is 2.71 bits per heavy atom. The highest BCUT2D eigenvalue weighted by molar-refractivity contribution is 6.00. The van der Waals surface area contributed by atoms with Gasteiger partial charge in [0.15, 0.2) is 0 Å². The van der Waals surface area contributed by atoms with E-state index >= 15 is 0 Å². The summed E-state index contributed by atoms with van der Waals surface area (Å²) in [6.07, 6.45) is 5.55. The van der Waals surface area contributed by atoms with Gasteiger partial charge >= 0.3 is 0 Å². The molecule has 0 fully saturated rings. The summed E-state index contributed by atoms with van der Waals surface area (Å²) in [6, 6.07) is 16.8. The number of ether oxygens (including phenoxy) is 1. The Labute approximate surface area is 246 Å². The van der Waals surface area contributed by atoms with Crippen molar-refractivity contribution in [3.05, 3.63) is 89.9 Å². The molecule has 42 heavy (non-hydrogen) atoms. The quantitative estimate of drug-likeness (QED) is 0.315. The third-order valence-electron chi connectivity index (χ3n) is 7.97. The lowest BCUT2D eigenvalue weighted by atomic mass is 9.99.